The molecule has 1 fully saturated rings. The van der Waals surface area contributed by atoms with Crippen LogP contribution in [0.4, 0.5) is 14.7 Å². The second-order valence-electron chi connectivity index (χ2n) is 6.80. The van der Waals surface area contributed by atoms with Crippen molar-refractivity contribution in [1.82, 2.24) is 9.88 Å². The van der Waals surface area contributed by atoms with E-state index in [0.29, 0.717) is 23.9 Å². The van der Waals surface area contributed by atoms with Gasteiger partial charge in [0.05, 0.1) is 6.04 Å². The monoisotopic (exact) mass is 360 g/mol. The molecule has 1 aliphatic heterocycles. The van der Waals surface area contributed by atoms with Gasteiger partial charge in [0, 0.05) is 24.1 Å². The summed E-state index contributed by atoms with van der Waals surface area (Å²) in [5.41, 5.74) is 0.622. The first kappa shape index (κ1) is 18.3. The molecule has 0 radical (unpaired) electrons. The number of halogens is 2. The van der Waals surface area contributed by atoms with E-state index in [0.717, 1.165) is 32.0 Å². The van der Waals surface area contributed by atoms with Gasteiger partial charge in [-0.3, -0.25) is 4.90 Å². The average molecular weight is 360 g/mol. The van der Waals surface area contributed by atoms with Crippen LogP contribution in [-0.4, -0.2) is 29.5 Å². The van der Waals surface area contributed by atoms with Crippen LogP contribution in [0, 0.1) is 23.0 Å². The molecule has 0 spiro atoms. The maximum absolute atomic E-state index is 14.4. The van der Waals surface area contributed by atoms with Crippen molar-refractivity contribution in [1.29, 1.82) is 5.26 Å². The second kappa shape index (κ2) is 7.83. The molecule has 1 aliphatic rings. The maximum Gasteiger partial charge on any atom is 0.232 e. The number of anilines is 1. The van der Waals surface area contributed by atoms with Gasteiger partial charge in [-0.05, 0) is 32.0 Å². The van der Waals surface area contributed by atoms with Crippen LogP contribution in [-0.2, 0) is 0 Å². The zero-order chi connectivity index (χ0) is 18.7. The van der Waals surface area contributed by atoms with Crippen LogP contribution < -0.4 is 5.32 Å². The van der Waals surface area contributed by atoms with Crippen molar-refractivity contribution >= 4 is 5.88 Å². The molecule has 7 heteroatoms. The summed E-state index contributed by atoms with van der Waals surface area (Å²) in [5.74, 6) is -0.327. The van der Waals surface area contributed by atoms with E-state index < -0.39 is 11.6 Å². The molecule has 1 N–H and O–H groups in total. The van der Waals surface area contributed by atoms with Gasteiger partial charge < -0.3 is 9.73 Å². The van der Waals surface area contributed by atoms with Crippen LogP contribution in [0.25, 0.3) is 0 Å². The van der Waals surface area contributed by atoms with E-state index in [4.69, 9.17) is 4.42 Å². The smallest absolute Gasteiger partial charge is 0.232 e. The molecule has 2 heterocycles. The lowest BCUT2D eigenvalue weighted by Gasteiger charge is -2.28. The van der Waals surface area contributed by atoms with Crippen molar-refractivity contribution in [3.8, 4) is 6.07 Å². The molecule has 1 atom stereocenters. The van der Waals surface area contributed by atoms with Gasteiger partial charge in [0.15, 0.2) is 0 Å². The van der Waals surface area contributed by atoms with E-state index in [1.807, 2.05) is 19.9 Å². The predicted octanol–water partition coefficient (Wildman–Crippen LogP) is 4.20. The largest absolute Gasteiger partial charge is 0.424 e. The maximum atomic E-state index is 14.4. The number of aromatic nitrogens is 1. The average Bonchev–Trinajstić information content (AvgIpc) is 3.26. The molecule has 5 nitrogen and oxygen atoms in total. The minimum atomic E-state index is -0.594. The number of nitrogens with one attached hydrogen (secondary N) is 1. The van der Waals surface area contributed by atoms with E-state index in [1.54, 1.807) is 0 Å². The number of nitrogens with zero attached hydrogens (tertiary/aromatic N) is 3. The van der Waals surface area contributed by atoms with Crippen LogP contribution in [0.5, 0.6) is 0 Å². The minimum absolute atomic E-state index is 0.0570. The van der Waals surface area contributed by atoms with Gasteiger partial charge in [0.25, 0.3) is 0 Å². The molecule has 0 amide bonds. The number of oxazole rings is 1. The lowest BCUT2D eigenvalue weighted by Crippen LogP contribution is -2.31. The highest BCUT2D eigenvalue weighted by Crippen LogP contribution is 2.29. The fraction of sp³-hybridized carbons (Fsp3) is 0.474. The summed E-state index contributed by atoms with van der Waals surface area (Å²) >= 11 is 0. The summed E-state index contributed by atoms with van der Waals surface area (Å²) in [6.07, 6.45) is 2.09. The highest BCUT2D eigenvalue weighted by molar-refractivity contribution is 5.46. The number of benzene rings is 1. The molecule has 1 aromatic heterocycles. The molecular formula is C19H22F2N4O. The van der Waals surface area contributed by atoms with E-state index in [9.17, 15) is 14.0 Å². The number of hydrogen-bond acceptors (Lipinski definition) is 5. The van der Waals surface area contributed by atoms with Crippen molar-refractivity contribution in [3.63, 3.8) is 0 Å². The molecule has 1 aromatic carbocycles. The third kappa shape index (κ3) is 3.86. The topological polar surface area (TPSA) is 65.1 Å². The van der Waals surface area contributed by atoms with Crippen molar-refractivity contribution in [2.75, 3.05) is 25.0 Å². The fourth-order valence-corrected chi connectivity index (χ4v) is 3.23. The Morgan fingerprint density at radius 1 is 1.31 bits per heavy atom. The third-order valence-corrected chi connectivity index (χ3v) is 4.60. The Bertz CT molecular complexity index is 806. The standard InChI is InChI=1S/C19H22F2N4O/c1-12(2)18-24-16(10-22)19(26-18)23-11-17(25-7-3-4-8-25)14-6-5-13(20)9-15(14)21/h5-6,9,12,17,23H,3-4,7-8,11H2,1-2H3/t17-/m0/s1. The van der Waals surface area contributed by atoms with Gasteiger partial charge in [-0.15, -0.1) is 0 Å². The van der Waals surface area contributed by atoms with Crippen LogP contribution in [0.1, 0.15) is 55.8 Å². The molecule has 26 heavy (non-hydrogen) atoms. The second-order valence-corrected chi connectivity index (χ2v) is 6.80. The Hall–Kier alpha value is -2.46. The van der Waals surface area contributed by atoms with Crippen molar-refractivity contribution in [2.24, 2.45) is 0 Å². The first-order valence-corrected chi connectivity index (χ1v) is 8.83. The van der Waals surface area contributed by atoms with Crippen molar-refractivity contribution in [3.05, 3.63) is 47.0 Å². The lowest BCUT2D eigenvalue weighted by molar-refractivity contribution is 0.249. The third-order valence-electron chi connectivity index (χ3n) is 4.60. The molecule has 0 unspecified atom stereocenters. The molecule has 0 saturated carbocycles. The Morgan fingerprint density at radius 3 is 2.65 bits per heavy atom. The summed E-state index contributed by atoms with van der Waals surface area (Å²) in [4.78, 5) is 6.34. The molecule has 138 valence electrons. The van der Waals surface area contributed by atoms with Gasteiger partial charge in [0.2, 0.25) is 17.5 Å². The summed E-state index contributed by atoms with van der Waals surface area (Å²) in [6.45, 7) is 5.89. The quantitative estimate of drug-likeness (QED) is 0.836. The van der Waals surface area contributed by atoms with E-state index >= 15 is 0 Å². The Morgan fingerprint density at radius 2 is 2.04 bits per heavy atom. The first-order chi connectivity index (χ1) is 12.5. The Kier molecular flexibility index (Phi) is 5.52. The highest BCUT2D eigenvalue weighted by Gasteiger charge is 2.27. The van der Waals surface area contributed by atoms with Gasteiger partial charge >= 0.3 is 0 Å². The van der Waals surface area contributed by atoms with Crippen LogP contribution in [0.15, 0.2) is 22.6 Å². The predicted molar refractivity (Wildman–Crippen MR) is 93.7 cm³/mol. The fourth-order valence-electron chi connectivity index (χ4n) is 3.23. The normalized spacial score (nSPS) is 16.0. The number of hydrogen-bond donors (Lipinski definition) is 1. The van der Waals surface area contributed by atoms with Crippen molar-refractivity contribution in [2.45, 2.75) is 38.6 Å². The first-order valence-electron chi connectivity index (χ1n) is 8.83. The molecular weight excluding hydrogens is 338 g/mol. The highest BCUT2D eigenvalue weighted by atomic mass is 19.1. The minimum Gasteiger partial charge on any atom is -0.424 e. The Balaban J connectivity index is 1.84. The number of likely N-dealkylation sites (tertiary alicyclic amines) is 1. The summed E-state index contributed by atoms with van der Waals surface area (Å²) < 4.78 is 33.3. The van der Waals surface area contributed by atoms with Gasteiger partial charge in [-0.1, -0.05) is 19.9 Å². The van der Waals surface area contributed by atoms with Gasteiger partial charge in [0.1, 0.15) is 17.7 Å². The summed E-state index contributed by atoms with van der Waals surface area (Å²) in [6, 6.07) is 5.40. The van der Waals surface area contributed by atoms with E-state index in [-0.39, 0.29) is 17.7 Å². The van der Waals surface area contributed by atoms with Crippen molar-refractivity contribution < 1.29 is 13.2 Å². The van der Waals surface area contributed by atoms with Crippen LogP contribution >= 0.6 is 0 Å². The number of nitriles is 1. The lowest BCUT2D eigenvalue weighted by atomic mass is 10.0. The molecule has 2 aromatic rings. The van der Waals surface area contributed by atoms with E-state index in [1.165, 1.54) is 12.1 Å². The van der Waals surface area contributed by atoms with Gasteiger partial charge in [-0.25, -0.2) is 13.8 Å². The molecule has 0 aliphatic carbocycles. The summed E-state index contributed by atoms with van der Waals surface area (Å²) in [7, 11) is 0. The summed E-state index contributed by atoms with van der Waals surface area (Å²) in [5, 5.41) is 12.4. The SMILES string of the molecule is CC(C)c1nc(C#N)c(NC[C@@H](c2ccc(F)cc2F)N2CCCC2)o1. The Labute approximate surface area is 151 Å². The number of rotatable bonds is 6. The molecule has 3 rings (SSSR count). The zero-order valence-electron chi connectivity index (χ0n) is 14.9. The molecule has 0 bridgehead atoms. The molecule has 1 saturated heterocycles. The van der Waals surface area contributed by atoms with Crippen LogP contribution in [0.2, 0.25) is 0 Å². The van der Waals surface area contributed by atoms with E-state index in [2.05, 4.69) is 15.2 Å². The van der Waals surface area contributed by atoms with Gasteiger partial charge in [-0.2, -0.15) is 5.26 Å². The zero-order valence-corrected chi connectivity index (χ0v) is 14.9. The van der Waals surface area contributed by atoms with Crippen LogP contribution in [0.3, 0.4) is 0 Å².